The summed E-state index contributed by atoms with van der Waals surface area (Å²) >= 11 is 0. The zero-order valence-electron chi connectivity index (χ0n) is 15.1. The first-order valence-corrected chi connectivity index (χ1v) is 9.80. The fourth-order valence-electron chi connectivity index (χ4n) is 3.84. The lowest BCUT2D eigenvalue weighted by molar-refractivity contribution is -0.185. The molecule has 1 amide bonds. The van der Waals surface area contributed by atoms with Crippen LogP contribution in [0.5, 0.6) is 0 Å². The van der Waals surface area contributed by atoms with Crippen LogP contribution >= 0.6 is 0 Å². The topological polar surface area (TPSA) is 40.5 Å². The molecule has 1 N–H and O–H groups in total. The third-order valence-corrected chi connectivity index (χ3v) is 5.28. The van der Waals surface area contributed by atoms with Crippen molar-refractivity contribution in [2.75, 3.05) is 0 Å². The number of unbranched alkanes of at least 4 members (excludes halogenated alkanes) is 7. The van der Waals surface area contributed by atoms with E-state index in [4.69, 9.17) is 0 Å². The van der Waals surface area contributed by atoms with E-state index in [-0.39, 0.29) is 17.9 Å². The Morgan fingerprint density at radius 2 is 1.62 bits per heavy atom. The highest BCUT2D eigenvalue weighted by atomic mass is 16.5. The van der Waals surface area contributed by atoms with E-state index in [9.17, 15) is 10.0 Å². The molecule has 2 unspecified atom stereocenters. The number of hydrogen-bond donors (Lipinski definition) is 1. The Kier molecular flexibility index (Phi) is 8.31. The van der Waals surface area contributed by atoms with Crippen LogP contribution in [0, 0.1) is 0 Å². The van der Waals surface area contributed by atoms with E-state index in [1.54, 1.807) is 0 Å². The van der Waals surface area contributed by atoms with Crippen LogP contribution in [-0.2, 0) is 4.79 Å². The maximum absolute atomic E-state index is 11.9. The first-order chi connectivity index (χ1) is 11.7. The quantitative estimate of drug-likeness (QED) is 0.442. The molecule has 0 spiro atoms. The number of piperidine rings is 1. The first-order valence-electron chi connectivity index (χ1n) is 9.80. The molecular weight excluding hydrogens is 298 g/mol. The van der Waals surface area contributed by atoms with E-state index >= 15 is 0 Å². The predicted molar refractivity (Wildman–Crippen MR) is 98.1 cm³/mol. The first kappa shape index (κ1) is 19.0. The molecule has 0 radical (unpaired) electrons. The van der Waals surface area contributed by atoms with Gasteiger partial charge in [-0.25, -0.2) is 5.06 Å². The summed E-state index contributed by atoms with van der Waals surface area (Å²) in [7, 11) is 0. The number of benzene rings is 1. The molecule has 3 heteroatoms. The van der Waals surface area contributed by atoms with Gasteiger partial charge in [0.2, 0.25) is 5.91 Å². The van der Waals surface area contributed by atoms with Gasteiger partial charge < -0.3 is 0 Å². The van der Waals surface area contributed by atoms with Gasteiger partial charge in [0.15, 0.2) is 0 Å². The molecule has 3 nitrogen and oxygen atoms in total. The van der Waals surface area contributed by atoms with Crippen LogP contribution in [0.25, 0.3) is 0 Å². The van der Waals surface area contributed by atoms with Gasteiger partial charge in [0, 0.05) is 12.3 Å². The van der Waals surface area contributed by atoms with Crippen molar-refractivity contribution in [3.8, 4) is 0 Å². The average molecular weight is 332 g/mol. The van der Waals surface area contributed by atoms with Crippen molar-refractivity contribution in [2.24, 2.45) is 0 Å². The minimum Gasteiger partial charge on any atom is -0.286 e. The largest absolute Gasteiger partial charge is 0.286 e. The van der Waals surface area contributed by atoms with Gasteiger partial charge in [-0.05, 0) is 18.4 Å². The van der Waals surface area contributed by atoms with Crippen molar-refractivity contribution in [3.05, 3.63) is 35.9 Å². The number of amides is 1. The van der Waals surface area contributed by atoms with Crippen molar-refractivity contribution < 1.29 is 10.0 Å². The molecule has 1 aliphatic heterocycles. The SMILES string of the molecule is CCCCCCCCCCC1C(c2ccccc2)CCC(=O)N1O. The zero-order valence-corrected chi connectivity index (χ0v) is 15.1. The van der Waals surface area contributed by atoms with Crippen molar-refractivity contribution >= 4 is 5.91 Å². The maximum Gasteiger partial charge on any atom is 0.246 e. The average Bonchev–Trinajstić information content (AvgIpc) is 2.61. The van der Waals surface area contributed by atoms with E-state index in [0.29, 0.717) is 6.42 Å². The highest BCUT2D eigenvalue weighted by Crippen LogP contribution is 2.35. The summed E-state index contributed by atoms with van der Waals surface area (Å²) in [4.78, 5) is 11.9. The molecule has 1 heterocycles. The van der Waals surface area contributed by atoms with Gasteiger partial charge >= 0.3 is 0 Å². The highest BCUT2D eigenvalue weighted by Gasteiger charge is 2.35. The molecule has 1 aliphatic rings. The summed E-state index contributed by atoms with van der Waals surface area (Å²) in [5, 5.41) is 11.3. The van der Waals surface area contributed by atoms with E-state index in [1.165, 1.54) is 50.5 Å². The summed E-state index contributed by atoms with van der Waals surface area (Å²) < 4.78 is 0. The summed E-state index contributed by atoms with van der Waals surface area (Å²) in [6.07, 6.45) is 12.4. The van der Waals surface area contributed by atoms with Crippen molar-refractivity contribution in [2.45, 2.75) is 89.5 Å². The van der Waals surface area contributed by atoms with Crippen LogP contribution in [0.15, 0.2) is 30.3 Å². The van der Waals surface area contributed by atoms with Crippen LogP contribution in [0.4, 0.5) is 0 Å². The third kappa shape index (κ3) is 5.62. The van der Waals surface area contributed by atoms with Crippen LogP contribution in [0.2, 0.25) is 0 Å². The van der Waals surface area contributed by atoms with Crippen LogP contribution in [0.1, 0.15) is 89.0 Å². The minimum absolute atomic E-state index is 0.0614. The molecule has 134 valence electrons. The summed E-state index contributed by atoms with van der Waals surface area (Å²) in [5.41, 5.74) is 1.24. The van der Waals surface area contributed by atoms with Gasteiger partial charge in [0.25, 0.3) is 0 Å². The second-order valence-corrected chi connectivity index (χ2v) is 7.13. The molecule has 2 rings (SSSR count). The summed E-state index contributed by atoms with van der Waals surface area (Å²) in [5.74, 6) is 0.144. The van der Waals surface area contributed by atoms with Gasteiger partial charge in [-0.1, -0.05) is 88.6 Å². The fraction of sp³-hybridized carbons (Fsp3) is 0.667. The number of hydroxylamine groups is 2. The van der Waals surface area contributed by atoms with Gasteiger partial charge in [-0.2, -0.15) is 0 Å². The molecule has 0 aromatic heterocycles. The summed E-state index contributed by atoms with van der Waals surface area (Å²) in [6.45, 7) is 2.25. The van der Waals surface area contributed by atoms with E-state index in [0.717, 1.165) is 24.3 Å². The molecule has 0 bridgehead atoms. The smallest absolute Gasteiger partial charge is 0.246 e. The number of carbonyl (C=O) groups is 1. The minimum atomic E-state index is -0.119. The van der Waals surface area contributed by atoms with Gasteiger partial charge in [0.05, 0.1) is 6.04 Å². The van der Waals surface area contributed by atoms with Crippen molar-refractivity contribution in [1.29, 1.82) is 0 Å². The Morgan fingerprint density at radius 3 is 2.29 bits per heavy atom. The second-order valence-electron chi connectivity index (χ2n) is 7.13. The van der Waals surface area contributed by atoms with Crippen molar-refractivity contribution in [1.82, 2.24) is 5.06 Å². The number of hydrogen-bond acceptors (Lipinski definition) is 2. The lowest BCUT2D eigenvalue weighted by atomic mass is 9.82. The Balaban J connectivity index is 1.79. The third-order valence-electron chi connectivity index (χ3n) is 5.28. The predicted octanol–water partition coefficient (Wildman–Crippen LogP) is 5.68. The number of nitrogens with zero attached hydrogens (tertiary/aromatic N) is 1. The Hall–Kier alpha value is -1.35. The van der Waals surface area contributed by atoms with Gasteiger partial charge in [0.1, 0.15) is 0 Å². The Labute approximate surface area is 147 Å². The molecule has 1 aromatic carbocycles. The monoisotopic (exact) mass is 331 g/mol. The normalized spacial score (nSPS) is 21.2. The molecule has 1 saturated heterocycles. The van der Waals surface area contributed by atoms with Crippen LogP contribution < -0.4 is 0 Å². The number of carbonyl (C=O) groups excluding carboxylic acids is 1. The lowest BCUT2D eigenvalue weighted by Crippen LogP contribution is -2.45. The fourth-order valence-corrected chi connectivity index (χ4v) is 3.84. The van der Waals surface area contributed by atoms with E-state index in [1.807, 2.05) is 18.2 Å². The number of rotatable bonds is 10. The Morgan fingerprint density at radius 1 is 1.00 bits per heavy atom. The molecule has 2 atom stereocenters. The molecule has 0 aliphatic carbocycles. The molecule has 0 saturated carbocycles. The van der Waals surface area contributed by atoms with E-state index in [2.05, 4.69) is 19.1 Å². The van der Waals surface area contributed by atoms with Gasteiger partial charge in [-0.15, -0.1) is 0 Å². The van der Waals surface area contributed by atoms with E-state index < -0.39 is 0 Å². The molecule has 1 aromatic rings. The van der Waals surface area contributed by atoms with Crippen LogP contribution in [0.3, 0.4) is 0 Å². The Bertz CT molecular complexity index is 474. The molecular formula is C21H33NO2. The van der Waals surface area contributed by atoms with Crippen molar-refractivity contribution in [3.63, 3.8) is 0 Å². The summed E-state index contributed by atoms with van der Waals surface area (Å²) in [6, 6.07) is 10.3. The second kappa shape index (κ2) is 10.5. The standard InChI is InChI=1S/C21H33NO2/c1-2-3-4-5-6-7-8-12-15-20-19(16-17-21(23)22(20)24)18-13-10-9-11-14-18/h9-11,13-14,19-20,24H,2-8,12,15-17H2,1H3. The molecule has 1 fully saturated rings. The van der Waals surface area contributed by atoms with Gasteiger partial charge in [-0.3, -0.25) is 10.0 Å². The maximum atomic E-state index is 11.9. The zero-order chi connectivity index (χ0) is 17.2. The molecule has 24 heavy (non-hydrogen) atoms. The highest BCUT2D eigenvalue weighted by molar-refractivity contribution is 5.76. The lowest BCUT2D eigenvalue weighted by Gasteiger charge is -2.37. The van der Waals surface area contributed by atoms with Crippen LogP contribution in [-0.4, -0.2) is 22.2 Å².